The topological polar surface area (TPSA) is 62.3 Å². The molecular weight excluding hydrogens is 298 g/mol. The zero-order valence-electron chi connectivity index (χ0n) is 12.9. The third-order valence-electron chi connectivity index (χ3n) is 3.83. The minimum atomic E-state index is -0.307. The van der Waals surface area contributed by atoms with Crippen molar-refractivity contribution < 1.29 is 9.59 Å². The van der Waals surface area contributed by atoms with Crippen molar-refractivity contribution in [1.82, 2.24) is 9.88 Å². The molecule has 22 heavy (non-hydrogen) atoms. The third-order valence-corrected chi connectivity index (χ3v) is 4.78. The SMILES string of the molecule is CC(C)(C)N1C[C@@H](C(=O)Nc2nc3ccccc3s2)CC1=O. The Bertz CT molecular complexity index is 699. The Morgan fingerprint density at radius 3 is 2.73 bits per heavy atom. The van der Waals surface area contributed by atoms with Gasteiger partial charge < -0.3 is 10.2 Å². The number of thiazole rings is 1. The first-order chi connectivity index (χ1) is 10.3. The highest BCUT2D eigenvalue weighted by molar-refractivity contribution is 7.22. The highest BCUT2D eigenvalue weighted by Crippen LogP contribution is 2.29. The quantitative estimate of drug-likeness (QED) is 0.926. The van der Waals surface area contributed by atoms with Crippen molar-refractivity contribution in [3.8, 4) is 0 Å². The van der Waals surface area contributed by atoms with Crippen molar-refractivity contribution in [2.75, 3.05) is 11.9 Å². The molecule has 1 atom stereocenters. The van der Waals surface area contributed by atoms with Crippen LogP contribution in [0.2, 0.25) is 0 Å². The molecule has 1 N–H and O–H groups in total. The van der Waals surface area contributed by atoms with Gasteiger partial charge in [0.25, 0.3) is 0 Å². The molecule has 2 heterocycles. The maximum Gasteiger partial charge on any atom is 0.231 e. The molecule has 2 amide bonds. The molecule has 0 bridgehead atoms. The average Bonchev–Trinajstić information content (AvgIpc) is 3.00. The highest BCUT2D eigenvalue weighted by atomic mass is 32.1. The molecule has 1 aliphatic rings. The van der Waals surface area contributed by atoms with Gasteiger partial charge in [0.15, 0.2) is 5.13 Å². The van der Waals surface area contributed by atoms with E-state index < -0.39 is 0 Å². The summed E-state index contributed by atoms with van der Waals surface area (Å²) in [6, 6.07) is 7.76. The fourth-order valence-electron chi connectivity index (χ4n) is 2.66. The highest BCUT2D eigenvalue weighted by Gasteiger charge is 2.39. The predicted molar refractivity (Wildman–Crippen MR) is 87.8 cm³/mol. The van der Waals surface area contributed by atoms with E-state index in [0.29, 0.717) is 11.7 Å². The minimum absolute atomic E-state index is 0.0388. The van der Waals surface area contributed by atoms with Crippen LogP contribution in [0.4, 0.5) is 5.13 Å². The van der Waals surface area contributed by atoms with Gasteiger partial charge in [-0.1, -0.05) is 23.5 Å². The van der Waals surface area contributed by atoms with Gasteiger partial charge in [-0.05, 0) is 32.9 Å². The summed E-state index contributed by atoms with van der Waals surface area (Å²) in [6.07, 6.45) is 0.272. The zero-order chi connectivity index (χ0) is 15.9. The zero-order valence-corrected chi connectivity index (χ0v) is 13.7. The van der Waals surface area contributed by atoms with Crippen LogP contribution in [0.25, 0.3) is 10.2 Å². The number of nitrogens with zero attached hydrogens (tertiary/aromatic N) is 2. The number of benzene rings is 1. The van der Waals surface area contributed by atoms with Crippen molar-refractivity contribution in [1.29, 1.82) is 0 Å². The van der Waals surface area contributed by atoms with Gasteiger partial charge in [0.2, 0.25) is 11.8 Å². The van der Waals surface area contributed by atoms with E-state index in [1.54, 1.807) is 4.90 Å². The second-order valence-corrected chi connectivity index (χ2v) is 7.58. The van der Waals surface area contributed by atoms with Gasteiger partial charge in [-0.3, -0.25) is 9.59 Å². The standard InChI is InChI=1S/C16H19N3O2S/c1-16(2,3)19-9-10(8-13(19)20)14(21)18-15-17-11-6-4-5-7-12(11)22-15/h4-7,10H,8-9H2,1-3H3,(H,17,18,21)/t10-/m0/s1. The van der Waals surface area contributed by atoms with Gasteiger partial charge >= 0.3 is 0 Å². The van der Waals surface area contributed by atoms with Crippen LogP contribution in [-0.4, -0.2) is 33.8 Å². The summed E-state index contributed by atoms with van der Waals surface area (Å²) < 4.78 is 1.04. The van der Waals surface area contributed by atoms with Gasteiger partial charge in [0.05, 0.1) is 16.1 Å². The average molecular weight is 317 g/mol. The Morgan fingerprint density at radius 2 is 2.09 bits per heavy atom. The Kier molecular flexibility index (Phi) is 3.64. The number of hydrogen-bond acceptors (Lipinski definition) is 4. The third kappa shape index (κ3) is 2.83. The number of carbonyl (C=O) groups is 2. The number of anilines is 1. The van der Waals surface area contributed by atoms with E-state index >= 15 is 0 Å². The lowest BCUT2D eigenvalue weighted by Crippen LogP contribution is -2.42. The summed E-state index contributed by atoms with van der Waals surface area (Å²) in [7, 11) is 0. The normalized spacial score (nSPS) is 19.0. The Morgan fingerprint density at radius 1 is 1.36 bits per heavy atom. The molecule has 0 unspecified atom stereocenters. The van der Waals surface area contributed by atoms with Crippen molar-refractivity contribution in [3.05, 3.63) is 24.3 Å². The summed E-state index contributed by atoms with van der Waals surface area (Å²) in [5.41, 5.74) is 0.628. The van der Waals surface area contributed by atoms with Crippen LogP contribution in [0.5, 0.6) is 0 Å². The van der Waals surface area contributed by atoms with Gasteiger partial charge in [0.1, 0.15) is 0 Å². The fraction of sp³-hybridized carbons (Fsp3) is 0.438. The molecule has 0 aliphatic carbocycles. The van der Waals surface area contributed by atoms with E-state index in [0.717, 1.165) is 10.2 Å². The number of carbonyl (C=O) groups excluding carboxylic acids is 2. The molecule has 0 saturated carbocycles. The number of likely N-dealkylation sites (tertiary alicyclic amines) is 1. The van der Waals surface area contributed by atoms with E-state index in [-0.39, 0.29) is 29.7 Å². The van der Waals surface area contributed by atoms with Gasteiger partial charge in [-0.15, -0.1) is 0 Å². The van der Waals surface area contributed by atoms with Crippen LogP contribution in [0.1, 0.15) is 27.2 Å². The minimum Gasteiger partial charge on any atom is -0.337 e. The van der Waals surface area contributed by atoms with Crippen LogP contribution < -0.4 is 5.32 Å². The molecule has 116 valence electrons. The number of rotatable bonds is 2. The molecule has 3 rings (SSSR count). The van der Waals surface area contributed by atoms with Crippen molar-refractivity contribution >= 4 is 38.5 Å². The van der Waals surface area contributed by atoms with Crippen LogP contribution in [0, 0.1) is 5.92 Å². The van der Waals surface area contributed by atoms with E-state index in [2.05, 4.69) is 10.3 Å². The molecule has 1 aliphatic heterocycles. The molecule has 1 saturated heterocycles. The van der Waals surface area contributed by atoms with Crippen LogP contribution in [-0.2, 0) is 9.59 Å². The lowest BCUT2D eigenvalue weighted by Gasteiger charge is -2.31. The molecule has 5 nitrogen and oxygen atoms in total. The summed E-state index contributed by atoms with van der Waals surface area (Å²) >= 11 is 1.45. The van der Waals surface area contributed by atoms with E-state index in [4.69, 9.17) is 0 Å². The molecule has 6 heteroatoms. The molecular formula is C16H19N3O2S. The van der Waals surface area contributed by atoms with Gasteiger partial charge in [-0.2, -0.15) is 0 Å². The number of nitrogens with one attached hydrogen (secondary N) is 1. The molecule has 1 fully saturated rings. The second kappa shape index (κ2) is 5.35. The summed E-state index contributed by atoms with van der Waals surface area (Å²) in [5, 5.41) is 3.45. The first kappa shape index (κ1) is 15.0. The van der Waals surface area contributed by atoms with Gasteiger partial charge in [-0.25, -0.2) is 4.98 Å². The summed E-state index contributed by atoms with van der Waals surface area (Å²) in [6.45, 7) is 6.43. The Balaban J connectivity index is 1.71. The number of fused-ring (bicyclic) bond motifs is 1. The van der Waals surface area contributed by atoms with Crippen molar-refractivity contribution in [2.45, 2.75) is 32.7 Å². The van der Waals surface area contributed by atoms with E-state index in [9.17, 15) is 9.59 Å². The molecule has 1 aromatic heterocycles. The maximum absolute atomic E-state index is 12.4. The van der Waals surface area contributed by atoms with Gasteiger partial charge in [0, 0.05) is 18.5 Å². The number of para-hydroxylation sites is 1. The second-order valence-electron chi connectivity index (χ2n) is 6.55. The maximum atomic E-state index is 12.4. The number of aromatic nitrogens is 1. The fourth-order valence-corrected chi connectivity index (χ4v) is 3.53. The van der Waals surface area contributed by atoms with E-state index in [1.165, 1.54) is 11.3 Å². The monoisotopic (exact) mass is 317 g/mol. The van der Waals surface area contributed by atoms with Crippen LogP contribution in [0.15, 0.2) is 24.3 Å². The Hall–Kier alpha value is -1.95. The van der Waals surface area contributed by atoms with Crippen molar-refractivity contribution in [3.63, 3.8) is 0 Å². The van der Waals surface area contributed by atoms with Crippen LogP contribution >= 0.6 is 11.3 Å². The molecule has 0 radical (unpaired) electrons. The Labute approximate surface area is 133 Å². The number of hydrogen-bond donors (Lipinski definition) is 1. The lowest BCUT2D eigenvalue weighted by molar-refractivity contribution is -0.131. The molecule has 2 aromatic rings. The largest absolute Gasteiger partial charge is 0.337 e. The summed E-state index contributed by atoms with van der Waals surface area (Å²) in [4.78, 5) is 30.6. The molecule has 1 aromatic carbocycles. The smallest absolute Gasteiger partial charge is 0.231 e. The predicted octanol–water partition coefficient (Wildman–Crippen LogP) is 2.88. The molecule has 0 spiro atoms. The van der Waals surface area contributed by atoms with Crippen molar-refractivity contribution in [2.24, 2.45) is 5.92 Å². The van der Waals surface area contributed by atoms with E-state index in [1.807, 2.05) is 45.0 Å². The first-order valence-corrected chi connectivity index (χ1v) is 8.13. The lowest BCUT2D eigenvalue weighted by atomic mass is 10.1. The van der Waals surface area contributed by atoms with Crippen LogP contribution in [0.3, 0.4) is 0 Å². The summed E-state index contributed by atoms with van der Waals surface area (Å²) in [5.74, 6) is -0.394. The number of amides is 2. The first-order valence-electron chi connectivity index (χ1n) is 7.31.